The van der Waals surface area contributed by atoms with Gasteiger partial charge in [-0.3, -0.25) is 4.90 Å². The van der Waals surface area contributed by atoms with Gasteiger partial charge in [0.25, 0.3) is 0 Å². The summed E-state index contributed by atoms with van der Waals surface area (Å²) in [4.78, 5) is 2.63. The Labute approximate surface area is 139 Å². The van der Waals surface area contributed by atoms with Gasteiger partial charge >= 0.3 is 0 Å². The predicted molar refractivity (Wildman–Crippen MR) is 91.0 cm³/mol. The quantitative estimate of drug-likeness (QED) is 0.748. The molecular weight excluding hydrogens is 290 g/mol. The highest BCUT2D eigenvalue weighted by Gasteiger charge is 2.53. The first kappa shape index (κ1) is 16.6. The van der Waals surface area contributed by atoms with Crippen molar-refractivity contribution < 1.29 is 14.6 Å². The number of hydrogen-bond donors (Lipinski definition) is 1. The molecular formula is C19H29NO3. The van der Waals surface area contributed by atoms with Crippen molar-refractivity contribution in [2.24, 2.45) is 5.41 Å². The lowest BCUT2D eigenvalue weighted by atomic mass is 9.72. The summed E-state index contributed by atoms with van der Waals surface area (Å²) in [6.45, 7) is 4.32. The van der Waals surface area contributed by atoms with Crippen LogP contribution in [0.4, 0.5) is 0 Å². The average Bonchev–Trinajstić information content (AvgIpc) is 3.14. The lowest BCUT2D eigenvalue weighted by Gasteiger charge is -2.35. The van der Waals surface area contributed by atoms with Gasteiger partial charge in [0.15, 0.2) is 11.5 Å². The number of ether oxygens (including phenoxy) is 2. The fourth-order valence-corrected chi connectivity index (χ4v) is 4.59. The summed E-state index contributed by atoms with van der Waals surface area (Å²) in [5.74, 6) is 1.61. The topological polar surface area (TPSA) is 41.9 Å². The zero-order valence-electron chi connectivity index (χ0n) is 14.3. The van der Waals surface area contributed by atoms with E-state index in [1.807, 2.05) is 24.3 Å². The second-order valence-electron chi connectivity index (χ2n) is 6.92. The second-order valence-corrected chi connectivity index (χ2v) is 6.92. The second kappa shape index (κ2) is 7.10. The molecule has 4 nitrogen and oxygen atoms in total. The maximum Gasteiger partial charge on any atom is 0.161 e. The van der Waals surface area contributed by atoms with Crippen molar-refractivity contribution in [1.29, 1.82) is 0 Å². The Morgan fingerprint density at radius 3 is 2.70 bits per heavy atom. The van der Waals surface area contributed by atoms with Crippen LogP contribution in [0, 0.1) is 5.41 Å². The van der Waals surface area contributed by atoms with E-state index >= 15 is 0 Å². The monoisotopic (exact) mass is 319 g/mol. The van der Waals surface area contributed by atoms with Gasteiger partial charge in [-0.25, -0.2) is 0 Å². The fraction of sp³-hybridized carbons (Fsp3) is 0.684. The van der Waals surface area contributed by atoms with E-state index in [4.69, 9.17) is 9.47 Å². The summed E-state index contributed by atoms with van der Waals surface area (Å²) in [5, 5.41) is 9.87. The van der Waals surface area contributed by atoms with Crippen molar-refractivity contribution in [2.75, 3.05) is 26.9 Å². The van der Waals surface area contributed by atoms with Crippen molar-refractivity contribution in [3.05, 3.63) is 24.3 Å². The van der Waals surface area contributed by atoms with Crippen LogP contribution in [0.15, 0.2) is 24.3 Å². The Hall–Kier alpha value is -1.26. The van der Waals surface area contributed by atoms with Crippen LogP contribution in [-0.2, 0) is 0 Å². The summed E-state index contributed by atoms with van der Waals surface area (Å²) in [6.07, 6.45) is 5.79. The van der Waals surface area contributed by atoms with E-state index in [9.17, 15) is 5.11 Å². The third-order valence-electron chi connectivity index (χ3n) is 5.90. The molecule has 2 saturated heterocycles. The van der Waals surface area contributed by atoms with E-state index in [0.29, 0.717) is 25.3 Å². The van der Waals surface area contributed by atoms with E-state index in [-0.39, 0.29) is 5.41 Å². The molecule has 23 heavy (non-hydrogen) atoms. The molecule has 1 N–H and O–H groups in total. The van der Waals surface area contributed by atoms with Gasteiger partial charge in [-0.15, -0.1) is 0 Å². The molecule has 2 bridgehead atoms. The highest BCUT2D eigenvalue weighted by molar-refractivity contribution is 5.39. The van der Waals surface area contributed by atoms with Crippen molar-refractivity contribution in [3.63, 3.8) is 0 Å². The molecule has 0 spiro atoms. The Morgan fingerprint density at radius 1 is 1.26 bits per heavy atom. The van der Waals surface area contributed by atoms with Crippen molar-refractivity contribution in [3.8, 4) is 11.5 Å². The molecule has 3 atom stereocenters. The number of para-hydroxylation sites is 2. The molecule has 0 amide bonds. The van der Waals surface area contributed by atoms with Crippen LogP contribution in [0.2, 0.25) is 0 Å². The van der Waals surface area contributed by atoms with Crippen LogP contribution in [0.25, 0.3) is 0 Å². The standard InChI is InChI=1S/C19H29NO3/c1-3-19(14-21)13-15-9-10-18(19)20(15)11-6-12-23-17-8-5-4-7-16(17)22-2/h4-5,7-8,15,18,21H,3,6,9-14H2,1-2H3/t15-,18+,19-/m1/s1. The molecule has 2 fully saturated rings. The van der Waals surface area contributed by atoms with Gasteiger partial charge in [-0.05, 0) is 44.2 Å². The number of benzene rings is 1. The van der Waals surface area contributed by atoms with E-state index in [2.05, 4.69) is 11.8 Å². The molecule has 0 aromatic heterocycles. The van der Waals surface area contributed by atoms with Crippen molar-refractivity contribution in [1.82, 2.24) is 4.90 Å². The predicted octanol–water partition coefficient (Wildman–Crippen LogP) is 3.09. The summed E-state index contributed by atoms with van der Waals surface area (Å²) < 4.78 is 11.2. The molecule has 4 heteroatoms. The minimum atomic E-state index is 0.145. The maximum absolute atomic E-state index is 9.87. The number of methoxy groups -OCH3 is 1. The minimum Gasteiger partial charge on any atom is -0.493 e. The highest BCUT2D eigenvalue weighted by Crippen LogP contribution is 2.51. The van der Waals surface area contributed by atoms with Gasteiger partial charge in [0.1, 0.15) is 0 Å². The van der Waals surface area contributed by atoms with Gasteiger partial charge in [0, 0.05) is 24.0 Å². The van der Waals surface area contributed by atoms with Crippen LogP contribution in [0.1, 0.15) is 39.0 Å². The molecule has 0 unspecified atom stereocenters. The Bertz CT molecular complexity index is 515. The maximum atomic E-state index is 9.87. The van der Waals surface area contributed by atoms with E-state index in [1.165, 1.54) is 12.8 Å². The number of hydrogen-bond acceptors (Lipinski definition) is 4. The largest absolute Gasteiger partial charge is 0.493 e. The SMILES string of the molecule is CC[C@]1(CO)C[C@H]2CC[C@@H]1N2CCCOc1ccccc1OC. The Kier molecular flexibility index (Phi) is 5.12. The Morgan fingerprint density at radius 2 is 2.04 bits per heavy atom. The van der Waals surface area contributed by atoms with E-state index in [0.717, 1.165) is 37.3 Å². The van der Waals surface area contributed by atoms with Crippen molar-refractivity contribution >= 4 is 0 Å². The molecule has 1 aromatic rings. The first-order valence-electron chi connectivity index (χ1n) is 8.86. The van der Waals surface area contributed by atoms with Crippen LogP contribution in [0.3, 0.4) is 0 Å². The lowest BCUT2D eigenvalue weighted by Crippen LogP contribution is -2.40. The molecule has 0 saturated carbocycles. The van der Waals surface area contributed by atoms with Gasteiger partial charge in [-0.2, -0.15) is 0 Å². The summed E-state index contributed by atoms with van der Waals surface area (Å²) >= 11 is 0. The fourth-order valence-electron chi connectivity index (χ4n) is 4.59. The summed E-state index contributed by atoms with van der Waals surface area (Å²) in [6, 6.07) is 9.02. The van der Waals surface area contributed by atoms with Crippen LogP contribution in [0.5, 0.6) is 11.5 Å². The molecule has 2 heterocycles. The number of rotatable bonds is 8. The first-order chi connectivity index (χ1) is 11.2. The zero-order chi connectivity index (χ0) is 16.3. The van der Waals surface area contributed by atoms with Crippen LogP contribution >= 0.6 is 0 Å². The average molecular weight is 319 g/mol. The van der Waals surface area contributed by atoms with Gasteiger partial charge < -0.3 is 14.6 Å². The van der Waals surface area contributed by atoms with Crippen LogP contribution < -0.4 is 9.47 Å². The normalized spacial score (nSPS) is 29.9. The van der Waals surface area contributed by atoms with Gasteiger partial charge in [0.05, 0.1) is 20.3 Å². The van der Waals surface area contributed by atoms with Gasteiger partial charge in [0.2, 0.25) is 0 Å². The molecule has 1 aromatic carbocycles. The lowest BCUT2D eigenvalue weighted by molar-refractivity contribution is 0.0718. The van der Waals surface area contributed by atoms with Crippen molar-refractivity contribution in [2.45, 2.75) is 51.1 Å². The Balaban J connectivity index is 1.50. The summed E-state index contributed by atoms with van der Waals surface area (Å²) in [5.41, 5.74) is 0.145. The molecule has 0 radical (unpaired) electrons. The summed E-state index contributed by atoms with van der Waals surface area (Å²) in [7, 11) is 1.67. The molecule has 2 aliphatic heterocycles. The molecule has 2 aliphatic rings. The smallest absolute Gasteiger partial charge is 0.161 e. The zero-order valence-corrected chi connectivity index (χ0v) is 14.3. The number of fused-ring (bicyclic) bond motifs is 2. The molecule has 0 aliphatic carbocycles. The van der Waals surface area contributed by atoms with E-state index < -0.39 is 0 Å². The third kappa shape index (κ3) is 3.07. The van der Waals surface area contributed by atoms with E-state index in [1.54, 1.807) is 7.11 Å². The number of aliphatic hydroxyl groups is 1. The molecule has 128 valence electrons. The highest BCUT2D eigenvalue weighted by atomic mass is 16.5. The first-order valence-corrected chi connectivity index (χ1v) is 8.86. The van der Waals surface area contributed by atoms with Crippen LogP contribution in [-0.4, -0.2) is 49.0 Å². The minimum absolute atomic E-state index is 0.145. The van der Waals surface area contributed by atoms with Gasteiger partial charge in [-0.1, -0.05) is 19.1 Å². The third-order valence-corrected chi connectivity index (χ3v) is 5.90. The number of aliphatic hydroxyl groups excluding tert-OH is 1. The molecule has 3 rings (SSSR count). The number of nitrogens with zero attached hydrogens (tertiary/aromatic N) is 1.